The van der Waals surface area contributed by atoms with E-state index < -0.39 is 5.97 Å². The zero-order chi connectivity index (χ0) is 11.3. The average Bonchev–Trinajstić information content (AvgIpc) is 2.26. The maximum Gasteiger partial charge on any atom is 0.325 e. The minimum absolute atomic E-state index is 0.0709. The fraction of sp³-hybridized carbons (Fsp3) is 0.800. The van der Waals surface area contributed by atoms with Crippen molar-refractivity contribution in [1.29, 1.82) is 0 Å². The van der Waals surface area contributed by atoms with Crippen molar-refractivity contribution in [2.24, 2.45) is 11.7 Å². The summed E-state index contributed by atoms with van der Waals surface area (Å²) in [5.74, 6) is -0.719. The Morgan fingerprint density at radius 3 is 2.67 bits per heavy atom. The van der Waals surface area contributed by atoms with Gasteiger partial charge in [-0.2, -0.15) is 0 Å². The predicted molar refractivity (Wildman–Crippen MR) is 55.0 cm³/mol. The first-order valence-electron chi connectivity index (χ1n) is 5.25. The molecule has 1 amide bonds. The molecule has 0 aromatic heterocycles. The van der Waals surface area contributed by atoms with Crippen molar-refractivity contribution in [1.82, 2.24) is 5.32 Å². The van der Waals surface area contributed by atoms with Crippen molar-refractivity contribution in [3.05, 3.63) is 0 Å². The van der Waals surface area contributed by atoms with Crippen LogP contribution in [0.25, 0.3) is 0 Å². The summed E-state index contributed by atoms with van der Waals surface area (Å²) in [4.78, 5) is 22.4. The molecule has 1 aliphatic rings. The number of methoxy groups -OCH3 is 1. The molecule has 0 bridgehead atoms. The molecule has 5 heteroatoms. The maximum atomic E-state index is 11.6. The van der Waals surface area contributed by atoms with Crippen LogP contribution >= 0.6 is 0 Å². The Morgan fingerprint density at radius 1 is 1.40 bits per heavy atom. The number of nitrogens with one attached hydrogen (secondary N) is 1. The smallest absolute Gasteiger partial charge is 0.325 e. The van der Waals surface area contributed by atoms with Crippen LogP contribution in [-0.2, 0) is 14.3 Å². The second-order valence-corrected chi connectivity index (χ2v) is 3.85. The van der Waals surface area contributed by atoms with Crippen molar-refractivity contribution in [3.63, 3.8) is 0 Å². The second kappa shape index (κ2) is 5.70. The van der Waals surface area contributed by atoms with Crippen LogP contribution in [0.15, 0.2) is 0 Å². The number of hydrogen-bond donors (Lipinski definition) is 2. The number of rotatable bonds is 3. The Balaban J connectivity index is 2.35. The van der Waals surface area contributed by atoms with Gasteiger partial charge in [0.25, 0.3) is 0 Å². The summed E-state index contributed by atoms with van der Waals surface area (Å²) < 4.78 is 4.43. The number of esters is 1. The number of carbonyl (C=O) groups is 2. The van der Waals surface area contributed by atoms with Gasteiger partial charge >= 0.3 is 5.97 Å². The van der Waals surface area contributed by atoms with E-state index in [1.165, 1.54) is 7.11 Å². The van der Waals surface area contributed by atoms with Crippen LogP contribution in [0.1, 0.15) is 25.7 Å². The summed E-state index contributed by atoms with van der Waals surface area (Å²) >= 11 is 0. The fourth-order valence-corrected chi connectivity index (χ4v) is 1.85. The molecule has 0 spiro atoms. The Labute approximate surface area is 89.3 Å². The van der Waals surface area contributed by atoms with Gasteiger partial charge in [-0.05, 0) is 12.8 Å². The van der Waals surface area contributed by atoms with Crippen molar-refractivity contribution in [2.45, 2.75) is 31.7 Å². The highest BCUT2D eigenvalue weighted by Crippen LogP contribution is 2.22. The molecule has 86 valence electrons. The summed E-state index contributed by atoms with van der Waals surface area (Å²) in [6, 6.07) is -0.0728. The third-order valence-electron chi connectivity index (χ3n) is 2.79. The molecule has 0 heterocycles. The molecule has 0 saturated heterocycles. The lowest BCUT2D eigenvalue weighted by Gasteiger charge is -2.27. The van der Waals surface area contributed by atoms with Gasteiger partial charge in [0.05, 0.1) is 13.0 Å². The standard InChI is InChI=1S/C10H18N2O3/c1-15-9(13)6-12-10(14)7-4-2-3-5-8(7)11/h7-8H,2-6,11H2,1H3,(H,12,14). The van der Waals surface area contributed by atoms with Crippen molar-refractivity contribution >= 4 is 11.9 Å². The molecule has 15 heavy (non-hydrogen) atoms. The Morgan fingerprint density at radius 2 is 2.07 bits per heavy atom. The lowest BCUT2D eigenvalue weighted by Crippen LogP contribution is -2.45. The summed E-state index contributed by atoms with van der Waals surface area (Å²) in [6.07, 6.45) is 3.82. The quantitative estimate of drug-likeness (QED) is 0.637. The van der Waals surface area contributed by atoms with Crippen LogP contribution < -0.4 is 11.1 Å². The van der Waals surface area contributed by atoms with Crippen molar-refractivity contribution in [2.75, 3.05) is 13.7 Å². The van der Waals surface area contributed by atoms with E-state index >= 15 is 0 Å². The molecule has 3 N–H and O–H groups in total. The minimum atomic E-state index is -0.437. The molecule has 0 aliphatic heterocycles. The molecular formula is C10H18N2O3. The topological polar surface area (TPSA) is 81.4 Å². The van der Waals surface area contributed by atoms with E-state index in [1.54, 1.807) is 0 Å². The molecule has 2 unspecified atom stereocenters. The van der Waals surface area contributed by atoms with E-state index in [-0.39, 0.29) is 24.4 Å². The Kier molecular flexibility index (Phi) is 4.55. The molecule has 1 fully saturated rings. The van der Waals surface area contributed by atoms with Crippen LogP contribution in [0.5, 0.6) is 0 Å². The van der Waals surface area contributed by atoms with Gasteiger partial charge in [0, 0.05) is 6.04 Å². The first-order chi connectivity index (χ1) is 7.15. The molecule has 1 saturated carbocycles. The average molecular weight is 214 g/mol. The van der Waals surface area contributed by atoms with Gasteiger partial charge < -0.3 is 15.8 Å². The third-order valence-corrected chi connectivity index (χ3v) is 2.79. The van der Waals surface area contributed by atoms with E-state index in [9.17, 15) is 9.59 Å². The Hall–Kier alpha value is -1.10. The number of carbonyl (C=O) groups excluding carboxylic acids is 2. The predicted octanol–water partition coefficient (Wildman–Crippen LogP) is -0.207. The van der Waals surface area contributed by atoms with Gasteiger partial charge in [0.15, 0.2) is 0 Å². The first-order valence-corrected chi connectivity index (χ1v) is 5.25. The fourth-order valence-electron chi connectivity index (χ4n) is 1.85. The largest absolute Gasteiger partial charge is 0.468 e. The lowest BCUT2D eigenvalue weighted by atomic mass is 9.84. The first kappa shape index (κ1) is 12.0. The molecule has 0 radical (unpaired) electrons. The third kappa shape index (κ3) is 3.51. The van der Waals surface area contributed by atoms with E-state index in [1.807, 2.05) is 0 Å². The monoisotopic (exact) mass is 214 g/mol. The molecule has 0 aromatic rings. The molecular weight excluding hydrogens is 196 g/mol. The van der Waals surface area contributed by atoms with Gasteiger partial charge in [-0.1, -0.05) is 12.8 Å². The highest BCUT2D eigenvalue weighted by molar-refractivity contribution is 5.84. The molecule has 1 aliphatic carbocycles. The minimum Gasteiger partial charge on any atom is -0.468 e. The van der Waals surface area contributed by atoms with E-state index in [4.69, 9.17) is 5.73 Å². The van der Waals surface area contributed by atoms with Gasteiger partial charge in [0.2, 0.25) is 5.91 Å². The van der Waals surface area contributed by atoms with E-state index in [0.29, 0.717) is 0 Å². The van der Waals surface area contributed by atoms with Crippen LogP contribution in [0, 0.1) is 5.92 Å². The Bertz CT molecular complexity index is 243. The molecule has 5 nitrogen and oxygen atoms in total. The van der Waals surface area contributed by atoms with Gasteiger partial charge in [-0.25, -0.2) is 0 Å². The number of ether oxygens (including phenoxy) is 1. The zero-order valence-electron chi connectivity index (χ0n) is 8.99. The van der Waals surface area contributed by atoms with Crippen LogP contribution in [0.3, 0.4) is 0 Å². The highest BCUT2D eigenvalue weighted by atomic mass is 16.5. The summed E-state index contributed by atoms with van der Waals surface area (Å²) in [6.45, 7) is -0.0709. The number of amides is 1. The lowest BCUT2D eigenvalue weighted by molar-refractivity contribution is -0.141. The number of nitrogens with two attached hydrogens (primary N) is 1. The molecule has 1 rings (SSSR count). The van der Waals surface area contributed by atoms with E-state index in [0.717, 1.165) is 25.7 Å². The summed E-state index contributed by atoms with van der Waals surface area (Å²) in [7, 11) is 1.29. The van der Waals surface area contributed by atoms with Crippen molar-refractivity contribution < 1.29 is 14.3 Å². The van der Waals surface area contributed by atoms with Crippen molar-refractivity contribution in [3.8, 4) is 0 Å². The van der Waals surface area contributed by atoms with Gasteiger partial charge in [-0.3, -0.25) is 9.59 Å². The summed E-state index contributed by atoms with van der Waals surface area (Å²) in [5.41, 5.74) is 5.84. The normalized spacial score (nSPS) is 25.7. The zero-order valence-corrected chi connectivity index (χ0v) is 8.99. The van der Waals surface area contributed by atoms with Crippen LogP contribution in [0.2, 0.25) is 0 Å². The highest BCUT2D eigenvalue weighted by Gasteiger charge is 2.28. The maximum absolute atomic E-state index is 11.6. The van der Waals surface area contributed by atoms with Gasteiger partial charge in [-0.15, -0.1) is 0 Å². The van der Waals surface area contributed by atoms with Gasteiger partial charge in [0.1, 0.15) is 6.54 Å². The van der Waals surface area contributed by atoms with Crippen LogP contribution in [-0.4, -0.2) is 31.6 Å². The summed E-state index contributed by atoms with van der Waals surface area (Å²) in [5, 5.41) is 2.54. The second-order valence-electron chi connectivity index (χ2n) is 3.85. The molecule has 2 atom stereocenters. The molecule has 0 aromatic carbocycles. The number of hydrogen-bond acceptors (Lipinski definition) is 4. The van der Waals surface area contributed by atoms with E-state index in [2.05, 4.69) is 10.1 Å². The van der Waals surface area contributed by atoms with Crippen LogP contribution in [0.4, 0.5) is 0 Å². The SMILES string of the molecule is COC(=O)CNC(=O)C1CCCCC1N.